The molecule has 1 rings (SSSR count). The average Bonchev–Trinajstić information content (AvgIpc) is 2.42. The highest BCUT2D eigenvalue weighted by molar-refractivity contribution is 5.73. The zero-order chi connectivity index (χ0) is 13.1. The Labute approximate surface area is 98.2 Å². The maximum Gasteiger partial charge on any atom is 0.391 e. The number of carboxylic acid groups (broad SMARTS) is 1. The molecule has 17 heavy (non-hydrogen) atoms. The standard InChI is InChI=1S/C11H18F3NO2/c12-11(13,14)8-3-1-2-7(4-5-8)6-9(15)10(16)17/h7-9H,1-6,15H2,(H,16,17)/t7?,8?,9-/m0/s1. The molecule has 0 heterocycles. The number of hydrogen-bond donors (Lipinski definition) is 2. The van der Waals surface area contributed by atoms with Crippen LogP contribution in [0.1, 0.15) is 38.5 Å². The molecule has 1 fully saturated rings. The summed E-state index contributed by atoms with van der Waals surface area (Å²) in [5.74, 6) is -2.30. The molecule has 0 aromatic heterocycles. The van der Waals surface area contributed by atoms with Gasteiger partial charge < -0.3 is 10.8 Å². The Morgan fingerprint density at radius 3 is 2.47 bits per heavy atom. The van der Waals surface area contributed by atoms with E-state index in [4.69, 9.17) is 10.8 Å². The Balaban J connectivity index is 2.45. The van der Waals surface area contributed by atoms with E-state index in [2.05, 4.69) is 0 Å². The van der Waals surface area contributed by atoms with E-state index in [9.17, 15) is 18.0 Å². The van der Waals surface area contributed by atoms with Gasteiger partial charge >= 0.3 is 12.1 Å². The van der Waals surface area contributed by atoms with Gasteiger partial charge in [-0.3, -0.25) is 4.79 Å². The number of alkyl halides is 3. The number of carbonyl (C=O) groups is 1. The summed E-state index contributed by atoms with van der Waals surface area (Å²) in [6, 6.07) is -0.956. The van der Waals surface area contributed by atoms with Gasteiger partial charge in [-0.05, 0) is 31.6 Å². The predicted octanol–water partition coefficient (Wildman–Crippen LogP) is 2.55. The van der Waals surface area contributed by atoms with Crippen molar-refractivity contribution in [1.82, 2.24) is 0 Å². The van der Waals surface area contributed by atoms with Gasteiger partial charge in [-0.2, -0.15) is 13.2 Å². The minimum absolute atomic E-state index is 0.00782. The van der Waals surface area contributed by atoms with Gasteiger partial charge in [0, 0.05) is 0 Å². The molecule has 0 aromatic carbocycles. The fraction of sp³-hybridized carbons (Fsp3) is 0.909. The van der Waals surface area contributed by atoms with Crippen molar-refractivity contribution >= 4 is 5.97 Å². The van der Waals surface area contributed by atoms with Gasteiger partial charge in [-0.25, -0.2) is 0 Å². The van der Waals surface area contributed by atoms with Gasteiger partial charge in [0.05, 0.1) is 5.92 Å². The van der Waals surface area contributed by atoms with Crippen LogP contribution in [0.25, 0.3) is 0 Å². The molecule has 0 spiro atoms. The molecule has 0 amide bonds. The third-order valence-corrected chi connectivity index (χ3v) is 3.46. The second-order valence-electron chi connectivity index (χ2n) is 4.79. The topological polar surface area (TPSA) is 63.3 Å². The Morgan fingerprint density at radius 2 is 1.94 bits per heavy atom. The molecule has 3 atom stereocenters. The van der Waals surface area contributed by atoms with Crippen LogP contribution in [0.4, 0.5) is 13.2 Å². The largest absolute Gasteiger partial charge is 0.480 e. The van der Waals surface area contributed by atoms with Crippen LogP contribution < -0.4 is 5.73 Å². The summed E-state index contributed by atoms with van der Waals surface area (Å²) in [6.45, 7) is 0. The molecule has 1 aliphatic rings. The summed E-state index contributed by atoms with van der Waals surface area (Å²) in [4.78, 5) is 10.6. The normalized spacial score (nSPS) is 28.5. The monoisotopic (exact) mass is 253 g/mol. The summed E-state index contributed by atoms with van der Waals surface area (Å²) in [5, 5.41) is 8.66. The van der Waals surface area contributed by atoms with Crippen LogP contribution >= 0.6 is 0 Å². The van der Waals surface area contributed by atoms with Gasteiger partial charge in [0.2, 0.25) is 0 Å². The lowest BCUT2D eigenvalue weighted by molar-refractivity contribution is -0.177. The molecule has 3 N–H and O–H groups in total. The fourth-order valence-electron chi connectivity index (χ4n) is 2.40. The van der Waals surface area contributed by atoms with Gasteiger partial charge in [0.15, 0.2) is 0 Å². The molecule has 3 nitrogen and oxygen atoms in total. The first-order valence-electron chi connectivity index (χ1n) is 5.85. The molecule has 0 aliphatic heterocycles. The Morgan fingerprint density at radius 1 is 1.29 bits per heavy atom. The second kappa shape index (κ2) is 5.71. The van der Waals surface area contributed by atoms with E-state index < -0.39 is 24.1 Å². The second-order valence-corrected chi connectivity index (χ2v) is 4.79. The summed E-state index contributed by atoms with van der Waals surface area (Å²) in [6.07, 6.45) is -2.02. The van der Waals surface area contributed by atoms with E-state index in [1.165, 1.54) is 0 Å². The first kappa shape index (κ1) is 14.3. The maximum absolute atomic E-state index is 12.5. The van der Waals surface area contributed by atoms with Gasteiger partial charge in [0.25, 0.3) is 0 Å². The summed E-state index contributed by atoms with van der Waals surface area (Å²) in [7, 11) is 0. The van der Waals surface area contributed by atoms with Crippen molar-refractivity contribution in [2.24, 2.45) is 17.6 Å². The van der Waals surface area contributed by atoms with Crippen molar-refractivity contribution in [2.45, 2.75) is 50.7 Å². The number of carboxylic acids is 1. The lowest BCUT2D eigenvalue weighted by atomic mass is 9.92. The van der Waals surface area contributed by atoms with E-state index >= 15 is 0 Å². The fourth-order valence-corrected chi connectivity index (χ4v) is 2.40. The predicted molar refractivity (Wildman–Crippen MR) is 56.3 cm³/mol. The maximum atomic E-state index is 12.5. The quantitative estimate of drug-likeness (QED) is 0.760. The van der Waals surface area contributed by atoms with E-state index in [0.29, 0.717) is 19.3 Å². The third-order valence-electron chi connectivity index (χ3n) is 3.46. The van der Waals surface area contributed by atoms with Crippen molar-refractivity contribution in [2.75, 3.05) is 0 Å². The van der Waals surface area contributed by atoms with Crippen molar-refractivity contribution in [3.05, 3.63) is 0 Å². The number of nitrogens with two attached hydrogens (primary N) is 1. The molecule has 100 valence electrons. The zero-order valence-corrected chi connectivity index (χ0v) is 9.54. The van der Waals surface area contributed by atoms with Crippen molar-refractivity contribution < 1.29 is 23.1 Å². The average molecular weight is 253 g/mol. The van der Waals surface area contributed by atoms with E-state index in [0.717, 1.165) is 0 Å². The molecule has 6 heteroatoms. The summed E-state index contributed by atoms with van der Waals surface area (Å²) >= 11 is 0. The Kier molecular flexibility index (Phi) is 4.80. The first-order chi connectivity index (χ1) is 7.80. The van der Waals surface area contributed by atoms with Gasteiger partial charge in [-0.15, -0.1) is 0 Å². The lowest BCUT2D eigenvalue weighted by Crippen LogP contribution is -2.32. The highest BCUT2D eigenvalue weighted by Crippen LogP contribution is 2.38. The zero-order valence-electron chi connectivity index (χ0n) is 9.54. The van der Waals surface area contributed by atoms with Gasteiger partial charge in [-0.1, -0.05) is 12.8 Å². The first-order valence-corrected chi connectivity index (χ1v) is 5.85. The van der Waals surface area contributed by atoms with E-state index in [1.54, 1.807) is 0 Å². The molecule has 2 unspecified atom stereocenters. The molecule has 0 saturated heterocycles. The highest BCUT2D eigenvalue weighted by Gasteiger charge is 2.40. The van der Waals surface area contributed by atoms with E-state index in [-0.39, 0.29) is 25.2 Å². The van der Waals surface area contributed by atoms with Crippen molar-refractivity contribution in [3.63, 3.8) is 0 Å². The molecular formula is C11H18F3NO2. The van der Waals surface area contributed by atoms with Gasteiger partial charge in [0.1, 0.15) is 6.04 Å². The lowest BCUT2D eigenvalue weighted by Gasteiger charge is -2.18. The van der Waals surface area contributed by atoms with Crippen LogP contribution in [0, 0.1) is 11.8 Å². The molecular weight excluding hydrogens is 235 g/mol. The number of halogens is 3. The highest BCUT2D eigenvalue weighted by atomic mass is 19.4. The van der Waals surface area contributed by atoms with Crippen molar-refractivity contribution in [1.29, 1.82) is 0 Å². The van der Waals surface area contributed by atoms with Crippen LogP contribution in [0.2, 0.25) is 0 Å². The number of aliphatic carboxylic acids is 1. The third kappa shape index (κ3) is 4.53. The van der Waals surface area contributed by atoms with Crippen LogP contribution in [0.15, 0.2) is 0 Å². The van der Waals surface area contributed by atoms with Crippen LogP contribution in [-0.2, 0) is 4.79 Å². The smallest absolute Gasteiger partial charge is 0.391 e. The summed E-state index contributed by atoms with van der Waals surface area (Å²) in [5.41, 5.74) is 5.40. The minimum Gasteiger partial charge on any atom is -0.480 e. The van der Waals surface area contributed by atoms with E-state index in [1.807, 2.05) is 0 Å². The number of rotatable bonds is 3. The van der Waals surface area contributed by atoms with Crippen LogP contribution in [0.3, 0.4) is 0 Å². The number of hydrogen-bond acceptors (Lipinski definition) is 2. The minimum atomic E-state index is -4.12. The summed E-state index contributed by atoms with van der Waals surface area (Å²) < 4.78 is 37.6. The molecule has 0 bridgehead atoms. The molecule has 1 aliphatic carbocycles. The molecule has 0 aromatic rings. The SMILES string of the molecule is N[C@@H](CC1CCCC(C(F)(F)F)CC1)C(=O)O. The Hall–Kier alpha value is -0.780. The van der Waals surface area contributed by atoms with Crippen molar-refractivity contribution in [3.8, 4) is 0 Å². The Bertz CT molecular complexity index is 268. The van der Waals surface area contributed by atoms with Crippen LogP contribution in [0.5, 0.6) is 0 Å². The van der Waals surface area contributed by atoms with Crippen LogP contribution in [-0.4, -0.2) is 23.3 Å². The molecule has 0 radical (unpaired) electrons. The molecule has 1 saturated carbocycles.